The molecule has 0 unspecified atom stereocenters. The fraction of sp³-hybridized carbons (Fsp3) is 0.294. The van der Waals surface area contributed by atoms with Gasteiger partial charge in [0.15, 0.2) is 5.82 Å². The minimum Gasteiger partial charge on any atom is -0.481 e. The molecule has 3 aromatic heterocycles. The summed E-state index contributed by atoms with van der Waals surface area (Å²) in [6, 6.07) is 3.78. The van der Waals surface area contributed by atoms with Gasteiger partial charge >= 0.3 is 5.97 Å². The second kappa shape index (κ2) is 6.16. The van der Waals surface area contributed by atoms with E-state index >= 15 is 0 Å². The fourth-order valence-electron chi connectivity index (χ4n) is 3.04. The topological polar surface area (TPSA) is 88.0 Å². The van der Waals surface area contributed by atoms with Gasteiger partial charge in [0.25, 0.3) is 0 Å². The molecule has 0 aliphatic heterocycles. The zero-order chi connectivity index (χ0) is 16.5. The number of hydrogen-bond acceptors (Lipinski definition) is 6. The highest BCUT2D eigenvalue weighted by atomic mass is 32.1. The van der Waals surface area contributed by atoms with Gasteiger partial charge in [0.05, 0.1) is 11.8 Å². The standard InChI is InChI=1S/C17H16N4O2S/c22-13(23)6-8-19-16-14-11-4-1-5-12(11)24-17(14)21-15(20-16)10-3-2-7-18-9-10/h2-3,7,9H,1,4-6,8H2,(H,22,23)(H,19,20,21). The minimum absolute atomic E-state index is 0.0556. The van der Waals surface area contributed by atoms with Gasteiger partial charge in [-0.25, -0.2) is 9.97 Å². The summed E-state index contributed by atoms with van der Waals surface area (Å²) in [4.78, 5) is 26.7. The number of nitrogens with one attached hydrogen (secondary N) is 1. The first-order chi connectivity index (χ1) is 11.7. The van der Waals surface area contributed by atoms with E-state index in [9.17, 15) is 4.79 Å². The van der Waals surface area contributed by atoms with E-state index in [4.69, 9.17) is 10.1 Å². The lowest BCUT2D eigenvalue weighted by Crippen LogP contribution is -2.10. The Balaban J connectivity index is 1.81. The summed E-state index contributed by atoms with van der Waals surface area (Å²) in [7, 11) is 0. The van der Waals surface area contributed by atoms with Gasteiger partial charge in [-0.2, -0.15) is 0 Å². The zero-order valence-corrected chi connectivity index (χ0v) is 13.8. The Labute approximate surface area is 142 Å². The number of hydrogen-bond donors (Lipinski definition) is 2. The van der Waals surface area contributed by atoms with Gasteiger partial charge in [-0.1, -0.05) is 0 Å². The van der Waals surface area contributed by atoms with Crippen molar-refractivity contribution in [3.63, 3.8) is 0 Å². The molecule has 0 saturated carbocycles. The quantitative estimate of drug-likeness (QED) is 0.742. The Morgan fingerprint density at radius 2 is 2.25 bits per heavy atom. The first-order valence-corrected chi connectivity index (χ1v) is 8.72. The SMILES string of the molecule is O=C(O)CCNc1nc(-c2cccnc2)nc2sc3c(c12)CCC3. The molecule has 0 aromatic carbocycles. The number of rotatable bonds is 5. The Bertz CT molecular complexity index is 908. The van der Waals surface area contributed by atoms with Crippen molar-refractivity contribution < 1.29 is 9.90 Å². The molecule has 24 heavy (non-hydrogen) atoms. The van der Waals surface area contributed by atoms with E-state index in [1.54, 1.807) is 23.7 Å². The molecule has 0 spiro atoms. The highest BCUT2D eigenvalue weighted by molar-refractivity contribution is 7.19. The Kier molecular flexibility index (Phi) is 3.86. The average Bonchev–Trinajstić information content (AvgIpc) is 3.15. The largest absolute Gasteiger partial charge is 0.481 e. The summed E-state index contributed by atoms with van der Waals surface area (Å²) in [6.07, 6.45) is 6.80. The number of carboxylic acids is 1. The molecule has 6 nitrogen and oxygen atoms in total. The fourth-order valence-corrected chi connectivity index (χ4v) is 4.30. The third-order valence-electron chi connectivity index (χ3n) is 4.12. The van der Waals surface area contributed by atoms with Crippen LogP contribution in [-0.2, 0) is 17.6 Å². The van der Waals surface area contributed by atoms with Crippen LogP contribution in [0.4, 0.5) is 5.82 Å². The van der Waals surface area contributed by atoms with E-state index in [0.29, 0.717) is 12.4 Å². The van der Waals surface area contributed by atoms with Crippen LogP contribution in [-0.4, -0.2) is 32.6 Å². The van der Waals surface area contributed by atoms with Crippen molar-refractivity contribution in [2.75, 3.05) is 11.9 Å². The molecular weight excluding hydrogens is 324 g/mol. The molecule has 0 atom stereocenters. The lowest BCUT2D eigenvalue weighted by Gasteiger charge is -2.09. The van der Waals surface area contributed by atoms with E-state index in [1.807, 2.05) is 12.1 Å². The summed E-state index contributed by atoms with van der Waals surface area (Å²) in [6.45, 7) is 0.346. The molecule has 0 saturated heterocycles. The first kappa shape index (κ1) is 15.0. The maximum absolute atomic E-state index is 10.8. The second-order valence-corrected chi connectivity index (χ2v) is 6.83. The van der Waals surface area contributed by atoms with Crippen LogP contribution in [0.2, 0.25) is 0 Å². The highest BCUT2D eigenvalue weighted by Crippen LogP contribution is 2.40. The molecule has 0 bridgehead atoms. The molecule has 0 fully saturated rings. The zero-order valence-electron chi connectivity index (χ0n) is 13.0. The molecule has 3 heterocycles. The van der Waals surface area contributed by atoms with Crippen molar-refractivity contribution in [1.82, 2.24) is 15.0 Å². The van der Waals surface area contributed by atoms with Gasteiger partial charge in [-0.15, -0.1) is 11.3 Å². The monoisotopic (exact) mass is 340 g/mol. The Morgan fingerprint density at radius 3 is 3.04 bits per heavy atom. The van der Waals surface area contributed by atoms with Crippen LogP contribution >= 0.6 is 11.3 Å². The number of aliphatic carboxylic acids is 1. The summed E-state index contributed by atoms with van der Waals surface area (Å²) in [5.41, 5.74) is 2.18. The number of nitrogens with zero attached hydrogens (tertiary/aromatic N) is 3. The molecule has 0 amide bonds. The summed E-state index contributed by atoms with van der Waals surface area (Å²) < 4.78 is 0. The van der Waals surface area contributed by atoms with Crippen LogP contribution in [0.15, 0.2) is 24.5 Å². The lowest BCUT2D eigenvalue weighted by molar-refractivity contribution is -0.136. The molecule has 7 heteroatoms. The van der Waals surface area contributed by atoms with Crippen molar-refractivity contribution >= 4 is 33.3 Å². The molecule has 0 radical (unpaired) electrons. The van der Waals surface area contributed by atoms with Crippen molar-refractivity contribution in [3.05, 3.63) is 35.0 Å². The van der Waals surface area contributed by atoms with E-state index in [1.165, 1.54) is 10.4 Å². The Morgan fingerprint density at radius 1 is 1.33 bits per heavy atom. The van der Waals surface area contributed by atoms with Gasteiger partial charge < -0.3 is 10.4 Å². The molecular formula is C17H16N4O2S. The molecule has 122 valence electrons. The van der Waals surface area contributed by atoms with Gasteiger partial charge in [-0.05, 0) is 37.0 Å². The van der Waals surface area contributed by atoms with E-state index < -0.39 is 5.97 Å². The third kappa shape index (κ3) is 2.71. The van der Waals surface area contributed by atoms with Gasteiger partial charge in [0.1, 0.15) is 10.6 Å². The lowest BCUT2D eigenvalue weighted by atomic mass is 10.1. The molecule has 1 aliphatic carbocycles. The molecule has 2 N–H and O–H groups in total. The van der Waals surface area contributed by atoms with Crippen LogP contribution in [0.1, 0.15) is 23.3 Å². The number of thiophene rings is 1. The second-order valence-electron chi connectivity index (χ2n) is 5.75. The smallest absolute Gasteiger partial charge is 0.305 e. The number of fused-ring (bicyclic) bond motifs is 3. The first-order valence-electron chi connectivity index (χ1n) is 7.91. The van der Waals surface area contributed by atoms with E-state index in [-0.39, 0.29) is 6.42 Å². The maximum Gasteiger partial charge on any atom is 0.305 e. The van der Waals surface area contributed by atoms with Crippen molar-refractivity contribution in [2.24, 2.45) is 0 Å². The summed E-state index contributed by atoms with van der Waals surface area (Å²) in [5, 5.41) is 13.1. The molecule has 1 aliphatic rings. The van der Waals surface area contributed by atoms with Crippen LogP contribution in [0, 0.1) is 0 Å². The van der Waals surface area contributed by atoms with Crippen molar-refractivity contribution in [3.8, 4) is 11.4 Å². The van der Waals surface area contributed by atoms with Crippen molar-refractivity contribution in [2.45, 2.75) is 25.7 Å². The highest BCUT2D eigenvalue weighted by Gasteiger charge is 2.22. The minimum atomic E-state index is -0.823. The summed E-state index contributed by atoms with van der Waals surface area (Å²) in [5.74, 6) is 0.531. The normalized spacial score (nSPS) is 13.2. The predicted molar refractivity (Wildman–Crippen MR) is 93.4 cm³/mol. The van der Waals surface area contributed by atoms with Crippen LogP contribution < -0.4 is 5.32 Å². The van der Waals surface area contributed by atoms with E-state index in [2.05, 4.69) is 15.3 Å². The molecule has 4 rings (SSSR count). The molecule has 3 aromatic rings. The van der Waals surface area contributed by atoms with Crippen LogP contribution in [0.3, 0.4) is 0 Å². The van der Waals surface area contributed by atoms with Gasteiger partial charge in [0.2, 0.25) is 0 Å². The number of aryl methyl sites for hydroxylation is 2. The van der Waals surface area contributed by atoms with Gasteiger partial charge in [0, 0.05) is 29.4 Å². The summed E-state index contributed by atoms with van der Waals surface area (Å²) >= 11 is 1.72. The third-order valence-corrected chi connectivity index (χ3v) is 5.30. The Hall–Kier alpha value is -2.54. The van der Waals surface area contributed by atoms with E-state index in [0.717, 1.165) is 40.9 Å². The van der Waals surface area contributed by atoms with Crippen LogP contribution in [0.5, 0.6) is 0 Å². The number of pyridine rings is 1. The predicted octanol–water partition coefficient (Wildman–Crippen LogP) is 3.13. The van der Waals surface area contributed by atoms with Gasteiger partial charge in [-0.3, -0.25) is 9.78 Å². The number of carboxylic acid groups (broad SMARTS) is 1. The number of carbonyl (C=O) groups is 1. The maximum atomic E-state index is 10.8. The average molecular weight is 340 g/mol. The number of aromatic nitrogens is 3. The van der Waals surface area contributed by atoms with Crippen LogP contribution in [0.25, 0.3) is 21.6 Å². The number of anilines is 1. The van der Waals surface area contributed by atoms with Crippen molar-refractivity contribution in [1.29, 1.82) is 0 Å².